The summed E-state index contributed by atoms with van der Waals surface area (Å²) in [6.07, 6.45) is 6.57. The van der Waals surface area contributed by atoms with Gasteiger partial charge in [0.05, 0.1) is 19.3 Å². The number of aliphatic hydroxyl groups is 2. The summed E-state index contributed by atoms with van der Waals surface area (Å²) in [6, 6.07) is 11.9. The van der Waals surface area contributed by atoms with Gasteiger partial charge >= 0.3 is 5.97 Å². The molecule has 1 aromatic carbocycles. The number of benzene rings is 1. The third-order valence-electron chi connectivity index (χ3n) is 6.60. The molecule has 0 aliphatic heterocycles. The Morgan fingerprint density at radius 1 is 1.19 bits per heavy atom. The first-order valence-corrected chi connectivity index (χ1v) is 13.0. The largest absolute Gasteiger partial charge is 0.465 e. The van der Waals surface area contributed by atoms with Crippen molar-refractivity contribution in [1.82, 2.24) is 0 Å². The number of halogens is 1. The average Bonchev–Trinajstić information content (AvgIpc) is 3.37. The van der Waals surface area contributed by atoms with Crippen molar-refractivity contribution in [2.75, 3.05) is 7.11 Å². The van der Waals surface area contributed by atoms with Crippen molar-refractivity contribution < 1.29 is 19.7 Å². The molecule has 3 unspecified atom stereocenters. The molecule has 1 heterocycles. The lowest BCUT2D eigenvalue weighted by Crippen LogP contribution is -2.19. The molecule has 176 valence electrons. The van der Waals surface area contributed by atoms with Gasteiger partial charge in [-0.1, -0.05) is 50.5 Å². The fourth-order valence-electron chi connectivity index (χ4n) is 4.82. The minimum Gasteiger partial charge on any atom is -0.465 e. The van der Waals surface area contributed by atoms with E-state index in [1.54, 1.807) is 0 Å². The topological polar surface area (TPSA) is 66.8 Å². The number of carbonyl (C=O) groups excluding carboxylic acids is 1. The number of aliphatic hydroxyl groups excluding tert-OH is 2. The molecule has 1 aliphatic rings. The molecule has 0 radical (unpaired) electrons. The zero-order valence-corrected chi connectivity index (χ0v) is 20.6. The summed E-state index contributed by atoms with van der Waals surface area (Å²) in [4.78, 5) is 13.4. The third-order valence-corrected chi connectivity index (χ3v) is 8.23. The highest BCUT2D eigenvalue weighted by Gasteiger charge is 2.41. The van der Waals surface area contributed by atoms with Gasteiger partial charge in [0, 0.05) is 16.2 Å². The van der Waals surface area contributed by atoms with E-state index < -0.39 is 12.2 Å². The lowest BCUT2D eigenvalue weighted by molar-refractivity contribution is 0.0606. The van der Waals surface area contributed by atoms with E-state index in [-0.39, 0.29) is 23.2 Å². The maximum Gasteiger partial charge on any atom is 0.348 e. The summed E-state index contributed by atoms with van der Waals surface area (Å²) in [5.74, 6) is -0.0789. The number of hydrogen-bond acceptors (Lipinski definition) is 5. The Bertz CT molecular complexity index is 850. The van der Waals surface area contributed by atoms with Crippen LogP contribution in [-0.4, -0.2) is 34.8 Å². The Hall–Kier alpha value is -1.40. The van der Waals surface area contributed by atoms with E-state index in [1.807, 2.05) is 24.3 Å². The van der Waals surface area contributed by atoms with Crippen molar-refractivity contribution in [2.24, 2.45) is 5.92 Å². The van der Waals surface area contributed by atoms with Crippen LogP contribution in [0.5, 0.6) is 0 Å². The second-order valence-corrected chi connectivity index (χ2v) is 10.6. The van der Waals surface area contributed by atoms with Crippen LogP contribution < -0.4 is 0 Å². The van der Waals surface area contributed by atoms with Gasteiger partial charge in [0.1, 0.15) is 4.88 Å². The molecule has 5 atom stereocenters. The molecule has 1 fully saturated rings. The molecule has 3 rings (SSSR count). The number of alkyl halides is 1. The van der Waals surface area contributed by atoms with Crippen molar-refractivity contribution in [3.8, 4) is 0 Å². The normalized spacial score (nSPS) is 23.9. The smallest absolute Gasteiger partial charge is 0.348 e. The zero-order valence-electron chi connectivity index (χ0n) is 19.0. The molecule has 1 aromatic heterocycles. The molecule has 1 saturated carbocycles. The first kappa shape index (κ1) is 25.2. The van der Waals surface area contributed by atoms with E-state index in [1.165, 1.54) is 18.4 Å². The molecular weight excluding hydrogens is 444 g/mol. The van der Waals surface area contributed by atoms with Gasteiger partial charge in [-0.25, -0.2) is 4.79 Å². The number of rotatable bonds is 11. The number of unbranched alkanes of at least 4 members (excludes halogenated alkanes) is 2. The van der Waals surface area contributed by atoms with E-state index in [4.69, 9.17) is 16.3 Å². The van der Waals surface area contributed by atoms with Crippen LogP contribution in [0.15, 0.2) is 36.4 Å². The highest BCUT2D eigenvalue weighted by atomic mass is 35.5. The Morgan fingerprint density at radius 2 is 1.94 bits per heavy atom. The summed E-state index contributed by atoms with van der Waals surface area (Å²) in [5.41, 5.74) is 2.04. The van der Waals surface area contributed by atoms with Gasteiger partial charge in [-0.2, -0.15) is 0 Å². The summed E-state index contributed by atoms with van der Waals surface area (Å²) >= 11 is 8.14. The van der Waals surface area contributed by atoms with Crippen LogP contribution in [0.1, 0.15) is 89.6 Å². The van der Waals surface area contributed by atoms with Crippen molar-refractivity contribution >= 4 is 28.9 Å². The van der Waals surface area contributed by atoms with E-state index in [0.29, 0.717) is 11.3 Å². The zero-order chi connectivity index (χ0) is 23.1. The molecule has 0 amide bonds. The fraction of sp³-hybridized carbons (Fsp3) is 0.577. The van der Waals surface area contributed by atoms with Gasteiger partial charge in [-0.05, 0) is 61.3 Å². The maximum atomic E-state index is 11.6. The third kappa shape index (κ3) is 6.34. The minimum absolute atomic E-state index is 0.0118. The van der Waals surface area contributed by atoms with Crippen LogP contribution >= 0.6 is 22.9 Å². The first-order valence-electron chi connectivity index (χ1n) is 11.7. The van der Waals surface area contributed by atoms with Crippen LogP contribution in [0, 0.1) is 5.92 Å². The Kier molecular flexibility index (Phi) is 9.60. The highest BCUT2D eigenvalue weighted by Crippen LogP contribution is 2.45. The number of thiophene rings is 1. The molecule has 6 heteroatoms. The monoisotopic (exact) mass is 478 g/mol. The molecule has 1 aliphatic carbocycles. The van der Waals surface area contributed by atoms with Crippen molar-refractivity contribution in [3.63, 3.8) is 0 Å². The number of esters is 1. The van der Waals surface area contributed by atoms with Crippen LogP contribution in [0.3, 0.4) is 0 Å². The molecule has 2 N–H and O–H groups in total. The lowest BCUT2D eigenvalue weighted by atomic mass is 9.84. The van der Waals surface area contributed by atoms with Gasteiger partial charge in [-0.15, -0.1) is 22.9 Å². The number of methoxy groups -OCH3 is 1. The van der Waals surface area contributed by atoms with Gasteiger partial charge in [0.25, 0.3) is 0 Å². The van der Waals surface area contributed by atoms with E-state index >= 15 is 0 Å². The molecule has 0 spiro atoms. The van der Waals surface area contributed by atoms with E-state index in [9.17, 15) is 15.0 Å². The van der Waals surface area contributed by atoms with Gasteiger partial charge < -0.3 is 14.9 Å². The SMILES string of the molecule is CCCCCC(O)c1ccc(C2C(O)C[C@@H](Cl)[C@@H]2CCCc2ccc(C(=O)OC)s2)cc1. The van der Waals surface area contributed by atoms with Crippen LogP contribution in [0.2, 0.25) is 0 Å². The summed E-state index contributed by atoms with van der Waals surface area (Å²) in [6.45, 7) is 2.16. The summed E-state index contributed by atoms with van der Waals surface area (Å²) < 4.78 is 4.78. The van der Waals surface area contributed by atoms with Crippen LogP contribution in [0.4, 0.5) is 0 Å². The van der Waals surface area contributed by atoms with Gasteiger partial charge in [0.15, 0.2) is 0 Å². The second kappa shape index (κ2) is 12.2. The molecule has 0 bridgehead atoms. The maximum absolute atomic E-state index is 11.6. The molecule has 4 nitrogen and oxygen atoms in total. The Morgan fingerprint density at radius 3 is 2.62 bits per heavy atom. The Balaban J connectivity index is 1.60. The standard InChI is InChI=1S/C26H35ClO4S/c1-3-4-5-9-22(28)17-10-12-18(13-11-17)25-20(21(27)16-23(25)29)8-6-7-19-14-15-24(32-19)26(30)31-2/h10-15,20-23,25,28-29H,3-9,16H2,1-2H3/t20-,21+,22?,23?,25?/m0/s1. The summed E-state index contributed by atoms with van der Waals surface area (Å²) in [7, 11) is 1.40. The minimum atomic E-state index is -0.449. The predicted molar refractivity (Wildman–Crippen MR) is 131 cm³/mol. The van der Waals surface area contributed by atoms with E-state index in [0.717, 1.165) is 60.9 Å². The van der Waals surface area contributed by atoms with Crippen LogP contribution in [0.25, 0.3) is 0 Å². The summed E-state index contributed by atoms with van der Waals surface area (Å²) in [5, 5.41) is 21.1. The van der Waals surface area contributed by atoms with Crippen molar-refractivity contribution in [2.45, 2.75) is 81.8 Å². The number of hydrogen-bond donors (Lipinski definition) is 2. The molecule has 0 saturated heterocycles. The number of aryl methyl sites for hydroxylation is 1. The quantitative estimate of drug-likeness (QED) is 0.228. The second-order valence-electron chi connectivity index (χ2n) is 8.84. The predicted octanol–water partition coefficient (Wildman–Crippen LogP) is 6.24. The van der Waals surface area contributed by atoms with Crippen molar-refractivity contribution in [3.05, 3.63) is 57.3 Å². The molecule has 2 aromatic rings. The van der Waals surface area contributed by atoms with E-state index in [2.05, 4.69) is 19.1 Å². The van der Waals surface area contributed by atoms with Gasteiger partial charge in [-0.3, -0.25) is 0 Å². The highest BCUT2D eigenvalue weighted by molar-refractivity contribution is 7.13. The fourth-order valence-corrected chi connectivity index (χ4v) is 6.25. The first-order chi connectivity index (χ1) is 15.4. The average molecular weight is 479 g/mol. The number of ether oxygens (including phenoxy) is 1. The molecule has 32 heavy (non-hydrogen) atoms. The van der Waals surface area contributed by atoms with Crippen molar-refractivity contribution in [1.29, 1.82) is 0 Å². The van der Waals surface area contributed by atoms with Crippen LogP contribution in [-0.2, 0) is 11.2 Å². The van der Waals surface area contributed by atoms with Gasteiger partial charge in [0.2, 0.25) is 0 Å². The lowest BCUT2D eigenvalue weighted by Gasteiger charge is -2.24. The Labute approximate surface area is 200 Å². The number of carbonyl (C=O) groups is 1. The molecular formula is C26H35ClO4S.